The molecular weight excluding hydrogens is 566 g/mol. The second kappa shape index (κ2) is 11.5. The normalized spacial score (nSPS) is 20.5. The topological polar surface area (TPSA) is 102 Å². The number of aromatic nitrogens is 3. The number of benzene rings is 2. The number of carbonyl (C=O) groups excluding carboxylic acids is 1. The van der Waals surface area contributed by atoms with Crippen LogP contribution in [0.1, 0.15) is 58.4 Å². The zero-order chi connectivity index (χ0) is 30.5. The second-order valence-corrected chi connectivity index (χ2v) is 12.6. The van der Waals surface area contributed by atoms with E-state index in [0.717, 1.165) is 34.5 Å². The van der Waals surface area contributed by atoms with E-state index >= 15 is 0 Å². The van der Waals surface area contributed by atoms with Crippen LogP contribution in [-0.4, -0.2) is 68.0 Å². The number of aliphatic hydroxyl groups is 1. The molecule has 0 saturated carbocycles. The van der Waals surface area contributed by atoms with Gasteiger partial charge in [-0.05, 0) is 81.5 Å². The minimum Gasteiger partial charge on any atom is -0.388 e. The number of halogens is 1. The van der Waals surface area contributed by atoms with Crippen molar-refractivity contribution in [1.29, 1.82) is 0 Å². The zero-order valence-corrected chi connectivity index (χ0v) is 25.8. The highest BCUT2D eigenvalue weighted by molar-refractivity contribution is 6.31. The Morgan fingerprint density at radius 3 is 2.56 bits per heavy atom. The van der Waals surface area contributed by atoms with Crippen LogP contribution in [-0.2, 0) is 11.3 Å². The highest BCUT2D eigenvalue weighted by atomic mass is 35.5. The molecule has 2 fully saturated rings. The van der Waals surface area contributed by atoms with Crippen LogP contribution in [0.5, 0.6) is 0 Å². The molecule has 1 unspecified atom stereocenters. The summed E-state index contributed by atoms with van der Waals surface area (Å²) in [6, 6.07) is 13.7. The Labute approximate surface area is 256 Å². The fraction of sp³-hybridized carbons (Fsp3) is 0.424. The minimum absolute atomic E-state index is 0.0306. The smallest absolute Gasteiger partial charge is 0.262 e. The molecule has 6 rings (SSSR count). The van der Waals surface area contributed by atoms with Crippen LogP contribution in [0.15, 0.2) is 53.6 Å². The molecule has 2 aliphatic heterocycles. The first-order chi connectivity index (χ1) is 20.5. The third-order valence-electron chi connectivity index (χ3n) is 8.88. The third-order valence-corrected chi connectivity index (χ3v) is 9.16. The highest BCUT2D eigenvalue weighted by Gasteiger charge is 2.35. The predicted octanol–water partition coefficient (Wildman–Crippen LogP) is 4.48. The Hall–Kier alpha value is -3.50. The quantitative estimate of drug-likeness (QED) is 0.349. The Bertz CT molecular complexity index is 1750. The second-order valence-electron chi connectivity index (χ2n) is 12.2. The lowest BCUT2D eigenvalue weighted by atomic mass is 9.90. The number of hydrogen-bond acceptors (Lipinski definition) is 6. The number of ether oxygens (including phenoxy) is 1. The molecule has 9 nitrogen and oxygen atoms in total. The summed E-state index contributed by atoms with van der Waals surface area (Å²) < 4.78 is 9.06. The van der Waals surface area contributed by atoms with Gasteiger partial charge in [-0.15, -0.1) is 0 Å². The number of amides is 1. The number of likely N-dealkylation sites (tertiary alicyclic amines) is 1. The Kier molecular flexibility index (Phi) is 7.93. The van der Waals surface area contributed by atoms with E-state index in [9.17, 15) is 14.7 Å². The number of carbonyl (C=O) groups is 1. The molecule has 0 bridgehead atoms. The van der Waals surface area contributed by atoms with Crippen LogP contribution in [0.2, 0.25) is 5.15 Å². The lowest BCUT2D eigenvalue weighted by molar-refractivity contribution is -0.0299. The van der Waals surface area contributed by atoms with Crippen molar-refractivity contribution in [3.05, 3.63) is 92.1 Å². The predicted molar refractivity (Wildman–Crippen MR) is 167 cm³/mol. The fourth-order valence-corrected chi connectivity index (χ4v) is 6.63. The van der Waals surface area contributed by atoms with Crippen LogP contribution in [0, 0.1) is 20.8 Å². The Morgan fingerprint density at radius 1 is 1.12 bits per heavy atom. The standard InChI is InChI=1S/C33H38ClN5O4/c1-20-5-7-26(21(2)13-20)31(40)37-11-9-33(42,10-12-37)18-38-19-36-30-27(32(38)41)15-29(34)39(30)24-6-8-25(22(3)14-24)28-17-43-23(4)16-35-28/h5-8,13-15,19,23,28,35,42H,9-12,16-18H2,1-4H3/t23-,28?/m1/s1. The lowest BCUT2D eigenvalue weighted by Gasteiger charge is -2.38. The largest absolute Gasteiger partial charge is 0.388 e. The molecule has 2 atom stereocenters. The van der Waals surface area contributed by atoms with Crippen LogP contribution in [0.3, 0.4) is 0 Å². The summed E-state index contributed by atoms with van der Waals surface area (Å²) in [7, 11) is 0. The maximum absolute atomic E-state index is 13.6. The van der Waals surface area contributed by atoms with Crippen LogP contribution >= 0.6 is 11.6 Å². The van der Waals surface area contributed by atoms with Crippen molar-refractivity contribution in [3.63, 3.8) is 0 Å². The number of piperidine rings is 1. The van der Waals surface area contributed by atoms with E-state index < -0.39 is 5.60 Å². The number of morpholine rings is 1. The van der Waals surface area contributed by atoms with Gasteiger partial charge < -0.3 is 20.1 Å². The van der Waals surface area contributed by atoms with Crippen molar-refractivity contribution in [3.8, 4) is 5.69 Å². The summed E-state index contributed by atoms with van der Waals surface area (Å²) in [5.74, 6) is -0.0306. The molecule has 0 radical (unpaired) electrons. The lowest BCUT2D eigenvalue weighted by Crippen LogP contribution is -2.49. The van der Waals surface area contributed by atoms with Gasteiger partial charge in [-0.3, -0.25) is 18.7 Å². The number of hydrogen-bond donors (Lipinski definition) is 2. The van der Waals surface area contributed by atoms with Gasteiger partial charge in [0.25, 0.3) is 11.5 Å². The SMILES string of the molecule is Cc1ccc(C(=O)N2CCC(O)(Cn3cnc4c(cc(Cl)n4-c4ccc(C5CO[C@H](C)CN5)c(C)c4)c3=O)CC2)c(C)c1. The van der Waals surface area contributed by atoms with Crippen LogP contribution in [0.4, 0.5) is 0 Å². The maximum atomic E-state index is 13.6. The van der Waals surface area contributed by atoms with Gasteiger partial charge in [0.2, 0.25) is 0 Å². The zero-order valence-electron chi connectivity index (χ0n) is 25.1. The van der Waals surface area contributed by atoms with E-state index in [4.69, 9.17) is 16.3 Å². The van der Waals surface area contributed by atoms with Gasteiger partial charge >= 0.3 is 0 Å². The monoisotopic (exact) mass is 603 g/mol. The minimum atomic E-state index is -1.13. The number of rotatable bonds is 5. The van der Waals surface area contributed by atoms with Gasteiger partial charge in [0.1, 0.15) is 11.5 Å². The average molecular weight is 604 g/mol. The van der Waals surface area contributed by atoms with Crippen LogP contribution in [0.25, 0.3) is 16.7 Å². The van der Waals surface area contributed by atoms with Crippen molar-refractivity contribution >= 4 is 28.5 Å². The molecule has 10 heteroatoms. The number of aryl methyl sites for hydroxylation is 3. The van der Waals surface area contributed by atoms with Gasteiger partial charge in [-0.1, -0.05) is 35.4 Å². The number of nitrogens with zero attached hydrogens (tertiary/aromatic N) is 4. The molecule has 2 aromatic heterocycles. The first-order valence-electron chi connectivity index (χ1n) is 14.8. The summed E-state index contributed by atoms with van der Waals surface area (Å²) in [6.45, 7) is 10.4. The van der Waals surface area contributed by atoms with Crippen molar-refractivity contribution in [2.24, 2.45) is 0 Å². The number of nitrogens with one attached hydrogen (secondary N) is 1. The van der Waals surface area contributed by atoms with Gasteiger partial charge in [0, 0.05) is 30.9 Å². The fourth-order valence-electron chi connectivity index (χ4n) is 6.35. The molecule has 43 heavy (non-hydrogen) atoms. The Balaban J connectivity index is 1.19. The molecule has 4 aromatic rings. The van der Waals surface area contributed by atoms with E-state index in [2.05, 4.69) is 30.2 Å². The summed E-state index contributed by atoms with van der Waals surface area (Å²) in [5.41, 5.74) is 4.87. The summed E-state index contributed by atoms with van der Waals surface area (Å²) in [6.07, 6.45) is 2.40. The highest BCUT2D eigenvalue weighted by Crippen LogP contribution is 2.30. The van der Waals surface area contributed by atoms with Gasteiger partial charge in [0.05, 0.1) is 36.3 Å². The molecule has 2 aromatic carbocycles. The molecule has 2 saturated heterocycles. The first kappa shape index (κ1) is 29.6. The maximum Gasteiger partial charge on any atom is 0.262 e. The average Bonchev–Trinajstić information content (AvgIpc) is 3.32. The molecule has 2 N–H and O–H groups in total. The molecule has 4 heterocycles. The molecule has 1 amide bonds. The number of fused-ring (bicyclic) bond motifs is 1. The molecule has 0 spiro atoms. The van der Waals surface area contributed by atoms with Gasteiger partial charge in [-0.2, -0.15) is 0 Å². The summed E-state index contributed by atoms with van der Waals surface area (Å²) >= 11 is 6.67. The third kappa shape index (κ3) is 5.74. The van der Waals surface area contributed by atoms with Crippen LogP contribution < -0.4 is 10.9 Å². The van der Waals surface area contributed by atoms with Crippen molar-refractivity contribution in [2.45, 2.75) is 64.8 Å². The summed E-state index contributed by atoms with van der Waals surface area (Å²) in [5, 5.41) is 15.7. The van der Waals surface area contributed by atoms with E-state index in [1.807, 2.05) is 44.2 Å². The van der Waals surface area contributed by atoms with E-state index in [0.29, 0.717) is 54.3 Å². The summed E-state index contributed by atoms with van der Waals surface area (Å²) in [4.78, 5) is 33.1. The van der Waals surface area contributed by atoms with E-state index in [1.165, 1.54) is 10.9 Å². The van der Waals surface area contributed by atoms with Gasteiger partial charge in [0.15, 0.2) is 5.65 Å². The van der Waals surface area contributed by atoms with Gasteiger partial charge in [-0.25, -0.2) is 4.98 Å². The van der Waals surface area contributed by atoms with E-state index in [-0.39, 0.29) is 30.2 Å². The van der Waals surface area contributed by atoms with E-state index in [1.54, 1.807) is 15.5 Å². The Morgan fingerprint density at radius 2 is 1.88 bits per heavy atom. The molecule has 226 valence electrons. The first-order valence-corrected chi connectivity index (χ1v) is 15.2. The van der Waals surface area contributed by atoms with Crippen molar-refractivity contribution < 1.29 is 14.6 Å². The van der Waals surface area contributed by atoms with Crippen molar-refractivity contribution in [2.75, 3.05) is 26.2 Å². The molecule has 0 aliphatic carbocycles. The molecular formula is C33H38ClN5O4. The molecule has 2 aliphatic rings. The van der Waals surface area contributed by atoms with Crippen molar-refractivity contribution in [1.82, 2.24) is 24.3 Å².